The molecular formula is C26H20N2O5S. The predicted molar refractivity (Wildman–Crippen MR) is 128 cm³/mol. The van der Waals surface area contributed by atoms with Crippen LogP contribution in [0.25, 0.3) is 0 Å². The molecule has 0 atom stereocenters. The van der Waals surface area contributed by atoms with Crippen molar-refractivity contribution in [3.05, 3.63) is 114 Å². The number of amidine groups is 1. The molecule has 0 unspecified atom stereocenters. The quantitative estimate of drug-likeness (QED) is 0.301. The number of aryl methyl sites for hydroxylation is 1. The Labute approximate surface area is 197 Å². The number of fused-ring (bicyclic) bond motifs is 1. The predicted octanol–water partition coefficient (Wildman–Crippen LogP) is 4.96. The first-order valence-electron chi connectivity index (χ1n) is 10.5. The van der Waals surface area contributed by atoms with Crippen molar-refractivity contribution in [2.24, 2.45) is 4.40 Å². The van der Waals surface area contributed by atoms with Crippen LogP contribution in [0.5, 0.6) is 5.75 Å². The summed E-state index contributed by atoms with van der Waals surface area (Å²) in [6.07, 6.45) is 1.56. The number of sulfonamides is 1. The Morgan fingerprint density at radius 3 is 2.41 bits per heavy atom. The number of carbonyl (C=O) groups is 1. The summed E-state index contributed by atoms with van der Waals surface area (Å²) in [5.74, 6) is 0.867. The van der Waals surface area contributed by atoms with E-state index in [1.165, 1.54) is 0 Å². The van der Waals surface area contributed by atoms with E-state index < -0.39 is 16.0 Å². The van der Waals surface area contributed by atoms with E-state index in [1.807, 2.05) is 19.1 Å². The van der Waals surface area contributed by atoms with E-state index in [0.717, 1.165) is 5.56 Å². The monoisotopic (exact) mass is 472 g/mol. The zero-order valence-electron chi connectivity index (χ0n) is 18.2. The Hall–Kier alpha value is -4.17. The van der Waals surface area contributed by atoms with Gasteiger partial charge in [0.05, 0.1) is 18.4 Å². The highest BCUT2D eigenvalue weighted by Gasteiger charge is 2.32. The Kier molecular flexibility index (Phi) is 5.51. The van der Waals surface area contributed by atoms with Gasteiger partial charge in [0, 0.05) is 11.3 Å². The molecule has 4 aromatic rings. The molecule has 0 amide bonds. The molecule has 7 nitrogen and oxygen atoms in total. The van der Waals surface area contributed by atoms with Crippen molar-refractivity contribution in [2.45, 2.75) is 18.4 Å². The minimum absolute atomic E-state index is 0.165. The lowest BCUT2D eigenvalue weighted by molar-refractivity contribution is 0.0734. The number of nitrogens with zero attached hydrogens (tertiary/aromatic N) is 2. The lowest BCUT2D eigenvalue weighted by Crippen LogP contribution is -2.30. The van der Waals surface area contributed by atoms with E-state index in [-0.39, 0.29) is 11.4 Å². The van der Waals surface area contributed by atoms with Gasteiger partial charge >= 0.3 is 5.97 Å². The van der Waals surface area contributed by atoms with Crippen LogP contribution >= 0.6 is 0 Å². The van der Waals surface area contributed by atoms with Crippen LogP contribution in [0, 0.1) is 6.92 Å². The minimum Gasteiger partial charge on any atom is -0.467 e. The molecule has 0 radical (unpaired) electrons. The number of hydrogen-bond donors (Lipinski definition) is 0. The fourth-order valence-corrected chi connectivity index (χ4v) is 5.00. The van der Waals surface area contributed by atoms with Gasteiger partial charge in [-0.1, -0.05) is 30.3 Å². The third-order valence-electron chi connectivity index (χ3n) is 5.49. The van der Waals surface area contributed by atoms with Crippen LogP contribution in [0.3, 0.4) is 0 Å². The summed E-state index contributed by atoms with van der Waals surface area (Å²) in [6.45, 7) is 2.11. The first-order valence-corrected chi connectivity index (χ1v) is 12.0. The summed E-state index contributed by atoms with van der Waals surface area (Å²) in [5, 5.41) is 0. The Morgan fingerprint density at radius 1 is 0.941 bits per heavy atom. The third kappa shape index (κ3) is 4.11. The van der Waals surface area contributed by atoms with Crippen molar-refractivity contribution in [3.8, 4) is 5.75 Å². The molecule has 0 spiro atoms. The summed E-state index contributed by atoms with van der Waals surface area (Å²) in [4.78, 5) is 14.5. The maximum absolute atomic E-state index is 12.6. The maximum atomic E-state index is 12.6. The normalized spacial score (nSPS) is 13.7. The molecule has 0 saturated carbocycles. The summed E-state index contributed by atoms with van der Waals surface area (Å²) in [7, 11) is -3.80. The van der Waals surface area contributed by atoms with Crippen molar-refractivity contribution in [3.63, 3.8) is 0 Å². The van der Waals surface area contributed by atoms with Crippen molar-refractivity contribution >= 4 is 27.5 Å². The number of hydrogen-bond acceptors (Lipinski definition) is 6. The summed E-state index contributed by atoms with van der Waals surface area (Å²) >= 11 is 0. The van der Waals surface area contributed by atoms with Gasteiger partial charge in [-0.2, -0.15) is 8.42 Å². The van der Waals surface area contributed by atoms with E-state index in [4.69, 9.17) is 9.15 Å². The lowest BCUT2D eigenvalue weighted by atomic mass is 10.1. The molecule has 0 aliphatic carbocycles. The topological polar surface area (TPSA) is 89.2 Å². The number of esters is 1. The van der Waals surface area contributed by atoms with E-state index >= 15 is 0 Å². The molecule has 1 aliphatic heterocycles. The molecule has 0 bridgehead atoms. The molecule has 1 aliphatic rings. The van der Waals surface area contributed by atoms with E-state index in [0.29, 0.717) is 34.2 Å². The first-order chi connectivity index (χ1) is 16.4. The molecule has 1 aromatic heterocycles. The highest BCUT2D eigenvalue weighted by atomic mass is 32.2. The number of rotatable bonds is 5. The molecule has 5 rings (SSSR count). The molecule has 2 heterocycles. The first kappa shape index (κ1) is 21.7. The Balaban J connectivity index is 1.47. The Morgan fingerprint density at radius 2 is 1.68 bits per heavy atom. The van der Waals surface area contributed by atoms with E-state index in [9.17, 15) is 13.2 Å². The second-order valence-corrected chi connectivity index (χ2v) is 9.32. The van der Waals surface area contributed by atoms with Crippen LogP contribution in [-0.4, -0.2) is 20.2 Å². The van der Waals surface area contributed by atoms with Gasteiger partial charge in [0.25, 0.3) is 10.0 Å². The fourth-order valence-electron chi connectivity index (χ4n) is 3.79. The maximum Gasteiger partial charge on any atom is 0.343 e. The van der Waals surface area contributed by atoms with Gasteiger partial charge in [0.15, 0.2) is 5.84 Å². The van der Waals surface area contributed by atoms with Crippen LogP contribution in [0.15, 0.2) is 105 Å². The molecule has 3 aromatic carbocycles. The smallest absolute Gasteiger partial charge is 0.343 e. The Bertz CT molecular complexity index is 1490. The molecule has 34 heavy (non-hydrogen) atoms. The van der Waals surface area contributed by atoms with Crippen LogP contribution in [0.2, 0.25) is 0 Å². The van der Waals surface area contributed by atoms with E-state index in [2.05, 4.69) is 4.40 Å². The molecule has 0 N–H and O–H groups in total. The van der Waals surface area contributed by atoms with Gasteiger partial charge in [-0.15, -0.1) is 4.40 Å². The van der Waals surface area contributed by atoms with Gasteiger partial charge in [0.1, 0.15) is 16.4 Å². The van der Waals surface area contributed by atoms with Crippen molar-refractivity contribution in [2.75, 3.05) is 4.90 Å². The van der Waals surface area contributed by atoms with Crippen LogP contribution in [0.1, 0.15) is 27.2 Å². The summed E-state index contributed by atoms with van der Waals surface area (Å²) in [6, 6.07) is 24.3. The minimum atomic E-state index is -3.80. The summed E-state index contributed by atoms with van der Waals surface area (Å²) < 4.78 is 40.4. The molecule has 8 heteroatoms. The zero-order valence-corrected chi connectivity index (χ0v) is 19.0. The largest absolute Gasteiger partial charge is 0.467 e. The number of benzene rings is 3. The number of furan rings is 1. The molecule has 170 valence electrons. The fraction of sp³-hybridized carbons (Fsp3) is 0.0769. The van der Waals surface area contributed by atoms with Crippen LogP contribution < -0.4 is 9.64 Å². The van der Waals surface area contributed by atoms with Gasteiger partial charge in [-0.3, -0.25) is 0 Å². The second kappa shape index (κ2) is 8.64. The highest BCUT2D eigenvalue weighted by molar-refractivity contribution is 7.90. The summed E-state index contributed by atoms with van der Waals surface area (Å²) in [5.41, 5.74) is 2.50. The van der Waals surface area contributed by atoms with Gasteiger partial charge in [-0.25, -0.2) is 4.79 Å². The average Bonchev–Trinajstić information content (AvgIpc) is 3.44. The lowest BCUT2D eigenvalue weighted by Gasteiger charge is -2.24. The average molecular weight is 473 g/mol. The van der Waals surface area contributed by atoms with Crippen LogP contribution in [-0.2, 0) is 16.6 Å². The highest BCUT2D eigenvalue weighted by Crippen LogP contribution is 2.32. The number of carbonyl (C=O) groups excluding carboxylic acids is 1. The van der Waals surface area contributed by atoms with Gasteiger partial charge in [0.2, 0.25) is 0 Å². The molecule has 0 saturated heterocycles. The number of anilines is 1. The van der Waals surface area contributed by atoms with Crippen LogP contribution in [0.4, 0.5) is 5.69 Å². The third-order valence-corrected chi connectivity index (χ3v) is 6.81. The van der Waals surface area contributed by atoms with Gasteiger partial charge < -0.3 is 14.1 Å². The van der Waals surface area contributed by atoms with Crippen molar-refractivity contribution in [1.82, 2.24) is 0 Å². The molecule has 0 fully saturated rings. The second-order valence-electron chi connectivity index (χ2n) is 7.75. The molecular weight excluding hydrogens is 452 g/mol. The number of ether oxygens (including phenoxy) is 1. The SMILES string of the molecule is Cc1ccccc1C(=O)Oc1ccc(N(Cc2ccco2)C2=NS(=O)(=O)c3ccccc32)cc1. The van der Waals surface area contributed by atoms with Crippen molar-refractivity contribution in [1.29, 1.82) is 0 Å². The van der Waals surface area contributed by atoms with Gasteiger partial charge in [-0.05, 0) is 67.1 Å². The van der Waals surface area contributed by atoms with E-state index in [1.54, 1.807) is 84.0 Å². The standard InChI is InChI=1S/C26H20N2O5S/c1-18-7-2-3-9-22(18)26(29)33-20-14-12-19(13-15-20)28(17-21-8-6-16-32-21)25-23-10-4-5-11-24(23)34(30,31)27-25/h2-16H,17H2,1H3. The van der Waals surface area contributed by atoms with Crippen molar-refractivity contribution < 1.29 is 22.4 Å². The zero-order chi connectivity index (χ0) is 23.7.